The van der Waals surface area contributed by atoms with Gasteiger partial charge in [0.15, 0.2) is 0 Å². The van der Waals surface area contributed by atoms with Crippen molar-refractivity contribution in [1.82, 2.24) is 4.72 Å². The van der Waals surface area contributed by atoms with E-state index < -0.39 is 37.7 Å². The number of nitrogens with two attached hydrogens (primary N) is 1. The molecule has 8 heteroatoms. The molecule has 0 spiro atoms. The van der Waals surface area contributed by atoms with Crippen LogP contribution >= 0.6 is 0 Å². The summed E-state index contributed by atoms with van der Waals surface area (Å²) in [5.41, 5.74) is 4.73. The summed E-state index contributed by atoms with van der Waals surface area (Å²) in [6.07, 6.45) is 0. The van der Waals surface area contributed by atoms with Gasteiger partial charge in [0, 0.05) is 11.2 Å². The van der Waals surface area contributed by atoms with Crippen molar-refractivity contribution in [1.29, 1.82) is 0 Å². The molecule has 0 aliphatic carbocycles. The number of nitrogens with one attached hydrogen (secondary N) is 2. The van der Waals surface area contributed by atoms with Crippen LogP contribution in [0, 0.1) is 5.82 Å². The molecule has 27 heavy (non-hydrogen) atoms. The van der Waals surface area contributed by atoms with E-state index in [1.165, 1.54) is 6.07 Å². The van der Waals surface area contributed by atoms with Crippen molar-refractivity contribution in [3.05, 3.63) is 59.9 Å². The summed E-state index contributed by atoms with van der Waals surface area (Å²) in [5, 5.41) is 2.56. The Hall–Kier alpha value is -2.29. The first-order valence-corrected chi connectivity index (χ1v) is 9.81. The van der Waals surface area contributed by atoms with Crippen LogP contribution in [0.5, 0.6) is 0 Å². The number of sulfonamides is 1. The van der Waals surface area contributed by atoms with Gasteiger partial charge >= 0.3 is 0 Å². The van der Waals surface area contributed by atoms with Gasteiger partial charge in [0.2, 0.25) is 15.9 Å². The summed E-state index contributed by atoms with van der Waals surface area (Å²) in [6, 6.07) is 12.1. The normalized spacial score (nSPS) is 14.4. The number of carbonyl (C=O) groups is 1. The molecular formula is C19H24FN3O3S. The van der Waals surface area contributed by atoms with E-state index in [0.29, 0.717) is 5.56 Å². The topological polar surface area (TPSA) is 101 Å². The average Bonchev–Trinajstić information content (AvgIpc) is 2.55. The van der Waals surface area contributed by atoms with Crippen LogP contribution in [0.3, 0.4) is 0 Å². The molecule has 0 radical (unpaired) electrons. The smallest absolute Gasteiger partial charge is 0.248 e. The minimum Gasteiger partial charge on any atom is -0.324 e. The molecule has 146 valence electrons. The number of carbonyl (C=O) groups excluding carboxylic acids is 1. The predicted octanol–water partition coefficient (Wildman–Crippen LogP) is 2.72. The Morgan fingerprint density at radius 1 is 1.04 bits per heavy atom. The van der Waals surface area contributed by atoms with Crippen molar-refractivity contribution >= 4 is 21.6 Å². The summed E-state index contributed by atoms with van der Waals surface area (Å²) < 4.78 is 41.4. The Morgan fingerprint density at radius 3 is 2.19 bits per heavy atom. The first-order chi connectivity index (χ1) is 12.3. The molecule has 0 heterocycles. The summed E-state index contributed by atoms with van der Waals surface area (Å²) in [6.45, 7) is 6.48. The molecule has 4 N–H and O–H groups in total. The van der Waals surface area contributed by atoms with Crippen molar-refractivity contribution in [2.45, 2.75) is 43.7 Å². The van der Waals surface area contributed by atoms with Crippen LogP contribution in [0.2, 0.25) is 0 Å². The Kier molecular flexibility index (Phi) is 5.74. The highest BCUT2D eigenvalue weighted by atomic mass is 32.2. The molecule has 0 aliphatic heterocycles. The lowest BCUT2D eigenvalue weighted by Gasteiger charge is -2.24. The van der Waals surface area contributed by atoms with Crippen molar-refractivity contribution < 1.29 is 17.6 Å². The number of halogens is 1. The number of rotatable bonds is 5. The molecule has 6 nitrogen and oxygen atoms in total. The van der Waals surface area contributed by atoms with Gasteiger partial charge in [-0.25, -0.2) is 17.5 Å². The maximum Gasteiger partial charge on any atom is 0.248 e. The Bertz CT molecular complexity index is 936. The van der Waals surface area contributed by atoms with E-state index in [1.54, 1.807) is 58.0 Å². The van der Waals surface area contributed by atoms with Crippen LogP contribution in [0.25, 0.3) is 0 Å². The molecule has 0 saturated heterocycles. The molecule has 1 unspecified atom stereocenters. The second-order valence-corrected chi connectivity index (χ2v) is 9.17. The zero-order valence-corrected chi connectivity index (χ0v) is 16.5. The number of amides is 1. The lowest BCUT2D eigenvalue weighted by atomic mass is 9.92. The molecule has 0 fully saturated rings. The van der Waals surface area contributed by atoms with Gasteiger partial charge in [-0.15, -0.1) is 0 Å². The van der Waals surface area contributed by atoms with Crippen molar-refractivity contribution in [2.75, 3.05) is 5.32 Å². The largest absolute Gasteiger partial charge is 0.324 e. The molecule has 0 saturated carbocycles. The number of benzene rings is 2. The van der Waals surface area contributed by atoms with Crippen LogP contribution in [-0.2, 0) is 20.4 Å². The Balaban J connectivity index is 2.32. The fraction of sp³-hybridized carbons (Fsp3) is 0.316. The monoisotopic (exact) mass is 393 g/mol. The molecule has 2 rings (SSSR count). The molecule has 0 aromatic heterocycles. The van der Waals surface area contributed by atoms with Crippen molar-refractivity contribution in [3.63, 3.8) is 0 Å². The average molecular weight is 393 g/mol. The first-order valence-electron chi connectivity index (χ1n) is 8.32. The maximum atomic E-state index is 14.1. The van der Waals surface area contributed by atoms with E-state index in [9.17, 15) is 17.6 Å². The molecule has 2 aromatic carbocycles. The maximum absolute atomic E-state index is 14.1. The van der Waals surface area contributed by atoms with Crippen LogP contribution in [0.15, 0.2) is 53.4 Å². The molecule has 0 bridgehead atoms. The summed E-state index contributed by atoms with van der Waals surface area (Å²) in [7, 11) is -4.10. The van der Waals surface area contributed by atoms with Gasteiger partial charge in [-0.3, -0.25) is 4.79 Å². The third-order valence-electron chi connectivity index (χ3n) is 3.76. The minimum atomic E-state index is -4.10. The predicted molar refractivity (Wildman–Crippen MR) is 103 cm³/mol. The summed E-state index contributed by atoms with van der Waals surface area (Å²) in [5.74, 6) is -1.46. The van der Waals surface area contributed by atoms with Gasteiger partial charge in [0.05, 0.1) is 0 Å². The number of anilines is 1. The second kappa shape index (κ2) is 7.38. The SMILES string of the molecule is CC(C)(C)NS(=O)(=O)c1cc(NC(=O)C(C)(N)c2ccccc2)ccc1F. The van der Waals surface area contributed by atoms with Crippen molar-refractivity contribution in [2.24, 2.45) is 5.73 Å². The molecule has 1 amide bonds. The van der Waals surface area contributed by atoms with E-state index in [4.69, 9.17) is 5.73 Å². The Morgan fingerprint density at radius 2 is 1.63 bits per heavy atom. The fourth-order valence-electron chi connectivity index (χ4n) is 2.42. The lowest BCUT2D eigenvalue weighted by Crippen LogP contribution is -2.45. The van der Waals surface area contributed by atoms with E-state index in [0.717, 1.165) is 12.1 Å². The molecule has 1 atom stereocenters. The molecule has 0 aliphatic rings. The van der Waals surface area contributed by atoms with Crippen LogP contribution in [-0.4, -0.2) is 19.9 Å². The quantitative estimate of drug-likeness (QED) is 0.727. The number of hydrogen-bond acceptors (Lipinski definition) is 4. The molecular weight excluding hydrogens is 369 g/mol. The highest BCUT2D eigenvalue weighted by Crippen LogP contribution is 2.24. The van der Waals surface area contributed by atoms with Crippen LogP contribution < -0.4 is 15.8 Å². The first kappa shape index (κ1) is 21.0. The van der Waals surface area contributed by atoms with Crippen molar-refractivity contribution in [3.8, 4) is 0 Å². The van der Waals surface area contributed by atoms with E-state index >= 15 is 0 Å². The second-order valence-electron chi connectivity index (χ2n) is 7.52. The van der Waals surface area contributed by atoms with Gasteiger partial charge in [-0.1, -0.05) is 30.3 Å². The van der Waals surface area contributed by atoms with Gasteiger partial charge in [-0.05, 0) is 51.5 Å². The summed E-state index contributed by atoms with van der Waals surface area (Å²) >= 11 is 0. The van der Waals surface area contributed by atoms with E-state index in [-0.39, 0.29) is 5.69 Å². The van der Waals surface area contributed by atoms with Gasteiger partial charge in [0.25, 0.3) is 0 Å². The highest BCUT2D eigenvalue weighted by molar-refractivity contribution is 7.89. The zero-order chi connectivity index (χ0) is 20.5. The minimum absolute atomic E-state index is 0.128. The van der Waals surface area contributed by atoms with Crippen LogP contribution in [0.4, 0.5) is 10.1 Å². The Labute approximate surface area is 159 Å². The standard InChI is InChI=1S/C19H24FN3O3S/c1-18(2,3)23-27(25,26)16-12-14(10-11-15(16)20)22-17(24)19(4,21)13-8-6-5-7-9-13/h5-12,23H,21H2,1-4H3,(H,22,24). The van der Waals surface area contributed by atoms with Gasteiger partial charge in [-0.2, -0.15) is 0 Å². The van der Waals surface area contributed by atoms with Gasteiger partial charge < -0.3 is 11.1 Å². The van der Waals surface area contributed by atoms with Crippen LogP contribution in [0.1, 0.15) is 33.3 Å². The third-order valence-corrected chi connectivity index (χ3v) is 5.54. The number of hydrogen-bond donors (Lipinski definition) is 3. The fourth-order valence-corrected chi connectivity index (χ4v) is 3.94. The van der Waals surface area contributed by atoms with E-state index in [1.807, 2.05) is 0 Å². The third kappa shape index (κ3) is 5.12. The highest BCUT2D eigenvalue weighted by Gasteiger charge is 2.31. The van der Waals surface area contributed by atoms with E-state index in [2.05, 4.69) is 10.0 Å². The zero-order valence-electron chi connectivity index (χ0n) is 15.7. The molecule has 2 aromatic rings. The van der Waals surface area contributed by atoms with Gasteiger partial charge in [0.1, 0.15) is 16.3 Å². The lowest BCUT2D eigenvalue weighted by molar-refractivity contribution is -0.120. The summed E-state index contributed by atoms with van der Waals surface area (Å²) in [4.78, 5) is 12.1.